The molecule has 1 N–H and O–H groups in total. The van der Waals surface area contributed by atoms with Crippen molar-refractivity contribution >= 4 is 11.8 Å². The molecule has 2 rings (SSSR count). The molecule has 0 bridgehead atoms. The lowest BCUT2D eigenvalue weighted by molar-refractivity contribution is -0.364. The van der Waals surface area contributed by atoms with Gasteiger partial charge in [-0.2, -0.15) is 0 Å². The molecule has 0 amide bonds. The third kappa shape index (κ3) is 2.26. The molecule has 1 saturated heterocycles. The van der Waals surface area contributed by atoms with Crippen molar-refractivity contribution in [3.63, 3.8) is 0 Å². The number of aliphatic carboxylic acids is 1. The fourth-order valence-electron chi connectivity index (χ4n) is 1.97. The molecule has 15 heavy (non-hydrogen) atoms. The zero-order chi connectivity index (χ0) is 10.7. The van der Waals surface area contributed by atoms with Crippen LogP contribution >= 0.6 is 0 Å². The molecule has 0 saturated carbocycles. The number of piperidine rings is 1. The lowest BCUT2D eigenvalue weighted by atomic mass is 9.98. The minimum absolute atomic E-state index is 0.340. The molecule has 80 valence electrons. The van der Waals surface area contributed by atoms with Crippen LogP contribution in [0.5, 0.6) is 0 Å². The number of aromatic nitrogens is 1. The number of nitrogens with zero attached hydrogens (tertiary/aromatic N) is 1. The Morgan fingerprint density at radius 2 is 2.40 bits per heavy atom. The van der Waals surface area contributed by atoms with Gasteiger partial charge in [-0.3, -0.25) is 4.90 Å². The maximum Gasteiger partial charge on any atom is 0.274 e. The van der Waals surface area contributed by atoms with E-state index >= 15 is 0 Å². The number of carboxylic acids is 1. The lowest BCUT2D eigenvalue weighted by Gasteiger charge is -2.28. The van der Waals surface area contributed by atoms with Gasteiger partial charge in [-0.1, -0.05) is 6.07 Å². The van der Waals surface area contributed by atoms with Gasteiger partial charge in [0.2, 0.25) is 0 Å². The molecular formula is C11H14N2O2. The van der Waals surface area contributed by atoms with Crippen LogP contribution in [0.3, 0.4) is 0 Å². The first-order chi connectivity index (χ1) is 7.27. The average molecular weight is 206 g/mol. The highest BCUT2D eigenvalue weighted by Gasteiger charge is 2.26. The molecule has 2 heterocycles. The van der Waals surface area contributed by atoms with Gasteiger partial charge in [-0.05, 0) is 18.9 Å². The van der Waals surface area contributed by atoms with E-state index in [1.54, 1.807) is 0 Å². The molecule has 4 heteroatoms. The molecule has 1 aromatic rings. The molecule has 1 aliphatic heterocycles. The van der Waals surface area contributed by atoms with Gasteiger partial charge in [0.15, 0.2) is 0 Å². The maximum absolute atomic E-state index is 10.8. The molecule has 1 aliphatic rings. The molecule has 0 aromatic carbocycles. The normalized spacial score (nSPS) is 21.3. The Morgan fingerprint density at radius 1 is 1.53 bits per heavy atom. The topological polar surface area (TPSA) is 57.5 Å². The number of hydrogen-bond acceptors (Lipinski definition) is 3. The SMILES string of the molecule is O=C([O-])[C@H]1CCCN(c2cccc[nH+]2)C1. The first kappa shape index (κ1) is 9.96. The molecule has 1 atom stereocenters. The number of anilines is 1. The number of carbonyl (C=O) groups excluding carboxylic acids is 1. The fraction of sp³-hybridized carbons (Fsp3) is 0.455. The first-order valence-electron chi connectivity index (χ1n) is 5.20. The Labute approximate surface area is 88.6 Å². The highest BCUT2D eigenvalue weighted by Crippen LogP contribution is 2.19. The monoisotopic (exact) mass is 206 g/mol. The summed E-state index contributed by atoms with van der Waals surface area (Å²) in [5, 5.41) is 10.8. The van der Waals surface area contributed by atoms with Gasteiger partial charge in [-0.15, -0.1) is 0 Å². The molecular weight excluding hydrogens is 192 g/mol. The highest BCUT2D eigenvalue weighted by atomic mass is 16.4. The molecule has 0 spiro atoms. The van der Waals surface area contributed by atoms with Crippen LogP contribution in [-0.4, -0.2) is 19.1 Å². The van der Waals surface area contributed by atoms with Crippen molar-refractivity contribution in [2.45, 2.75) is 12.8 Å². The third-order valence-corrected chi connectivity index (χ3v) is 2.79. The van der Waals surface area contributed by atoms with Crippen molar-refractivity contribution in [2.75, 3.05) is 18.0 Å². The lowest BCUT2D eigenvalue weighted by Crippen LogP contribution is -2.45. The predicted molar refractivity (Wildman–Crippen MR) is 52.9 cm³/mol. The van der Waals surface area contributed by atoms with Gasteiger partial charge in [-0.25, -0.2) is 4.98 Å². The molecule has 1 fully saturated rings. The van der Waals surface area contributed by atoms with E-state index in [2.05, 4.69) is 9.88 Å². The number of nitrogens with one attached hydrogen (secondary N) is 1. The second-order valence-corrected chi connectivity index (χ2v) is 3.85. The molecule has 0 aliphatic carbocycles. The van der Waals surface area contributed by atoms with Crippen molar-refractivity contribution in [2.24, 2.45) is 5.92 Å². The summed E-state index contributed by atoms with van der Waals surface area (Å²) in [4.78, 5) is 16.0. The number of aromatic amines is 1. The van der Waals surface area contributed by atoms with Gasteiger partial charge >= 0.3 is 0 Å². The minimum Gasteiger partial charge on any atom is -0.550 e. The van der Waals surface area contributed by atoms with Crippen LogP contribution in [-0.2, 0) is 4.79 Å². The Bertz CT molecular complexity index is 340. The minimum atomic E-state index is -0.935. The van der Waals surface area contributed by atoms with Crippen LogP contribution in [0.15, 0.2) is 24.4 Å². The van der Waals surface area contributed by atoms with E-state index in [4.69, 9.17) is 0 Å². The highest BCUT2D eigenvalue weighted by molar-refractivity contribution is 5.68. The Kier molecular flexibility index (Phi) is 2.85. The van der Waals surface area contributed by atoms with E-state index in [-0.39, 0.29) is 5.92 Å². The first-order valence-corrected chi connectivity index (χ1v) is 5.20. The Morgan fingerprint density at radius 3 is 3.07 bits per heavy atom. The van der Waals surface area contributed by atoms with E-state index in [1.807, 2.05) is 24.4 Å². The predicted octanol–water partition coefficient (Wildman–Crippen LogP) is -0.533. The smallest absolute Gasteiger partial charge is 0.274 e. The largest absolute Gasteiger partial charge is 0.550 e. The average Bonchev–Trinajstić information content (AvgIpc) is 2.30. The van der Waals surface area contributed by atoms with E-state index in [0.717, 1.165) is 25.2 Å². The molecule has 0 radical (unpaired) electrons. The van der Waals surface area contributed by atoms with Gasteiger partial charge in [0.1, 0.15) is 0 Å². The van der Waals surface area contributed by atoms with Gasteiger partial charge in [0, 0.05) is 18.0 Å². The second-order valence-electron chi connectivity index (χ2n) is 3.85. The van der Waals surface area contributed by atoms with Crippen molar-refractivity contribution in [1.82, 2.24) is 0 Å². The zero-order valence-corrected chi connectivity index (χ0v) is 8.48. The number of pyridine rings is 1. The molecule has 4 nitrogen and oxygen atoms in total. The Hall–Kier alpha value is -1.58. The summed E-state index contributed by atoms with van der Waals surface area (Å²) in [5.41, 5.74) is 0. The molecule has 0 unspecified atom stereocenters. The maximum atomic E-state index is 10.8. The van der Waals surface area contributed by atoms with Crippen LogP contribution in [0.1, 0.15) is 12.8 Å². The summed E-state index contributed by atoms with van der Waals surface area (Å²) in [6, 6.07) is 5.80. The van der Waals surface area contributed by atoms with Gasteiger partial charge < -0.3 is 9.90 Å². The van der Waals surface area contributed by atoms with Crippen molar-refractivity contribution in [1.29, 1.82) is 0 Å². The van der Waals surface area contributed by atoms with Crippen molar-refractivity contribution in [3.8, 4) is 0 Å². The van der Waals surface area contributed by atoms with E-state index in [9.17, 15) is 9.90 Å². The van der Waals surface area contributed by atoms with Crippen molar-refractivity contribution in [3.05, 3.63) is 24.4 Å². The summed E-state index contributed by atoms with van der Waals surface area (Å²) >= 11 is 0. The quantitative estimate of drug-likeness (QED) is 0.653. The van der Waals surface area contributed by atoms with Gasteiger partial charge in [0.05, 0.1) is 19.3 Å². The van der Waals surface area contributed by atoms with Crippen LogP contribution in [0.4, 0.5) is 5.82 Å². The Balaban J connectivity index is 2.08. The summed E-state index contributed by atoms with van der Waals surface area (Å²) in [6.07, 6.45) is 3.48. The van der Waals surface area contributed by atoms with Crippen LogP contribution in [0, 0.1) is 5.92 Å². The number of H-pyrrole nitrogens is 1. The van der Waals surface area contributed by atoms with Crippen LogP contribution in [0.25, 0.3) is 0 Å². The molecule has 1 aromatic heterocycles. The number of carboxylic acid groups (broad SMARTS) is 1. The van der Waals surface area contributed by atoms with Crippen LogP contribution in [0.2, 0.25) is 0 Å². The van der Waals surface area contributed by atoms with Gasteiger partial charge in [0.25, 0.3) is 5.82 Å². The summed E-state index contributed by atoms with van der Waals surface area (Å²) in [5.74, 6) is -0.300. The standard InChI is InChI=1S/C11H14N2O2/c14-11(15)9-4-3-7-13(8-9)10-5-1-2-6-12-10/h1-2,5-6,9H,3-4,7-8H2,(H,14,15)/t9-/m0/s1. The fourth-order valence-corrected chi connectivity index (χ4v) is 1.97. The number of hydrogen-bond donors (Lipinski definition) is 0. The third-order valence-electron chi connectivity index (χ3n) is 2.79. The summed E-state index contributed by atoms with van der Waals surface area (Å²) in [6.45, 7) is 1.45. The summed E-state index contributed by atoms with van der Waals surface area (Å²) in [7, 11) is 0. The number of carbonyl (C=O) groups is 1. The van der Waals surface area contributed by atoms with E-state index < -0.39 is 5.97 Å². The van der Waals surface area contributed by atoms with E-state index in [1.165, 1.54) is 0 Å². The van der Waals surface area contributed by atoms with Crippen LogP contribution < -0.4 is 15.0 Å². The van der Waals surface area contributed by atoms with E-state index in [0.29, 0.717) is 6.54 Å². The second kappa shape index (κ2) is 4.29. The number of rotatable bonds is 2. The zero-order valence-electron chi connectivity index (χ0n) is 8.48. The van der Waals surface area contributed by atoms with Crippen molar-refractivity contribution < 1.29 is 14.9 Å². The summed E-state index contributed by atoms with van der Waals surface area (Å²) < 4.78 is 0.